The van der Waals surface area contributed by atoms with Crippen molar-refractivity contribution in [2.45, 2.75) is 37.6 Å². The van der Waals surface area contributed by atoms with E-state index in [1.54, 1.807) is 44.6 Å². The number of ether oxygens (including phenoxy) is 3. The zero-order chi connectivity index (χ0) is 29.6. The number of carboxylic acids is 1. The Balaban J connectivity index is 1.81. The highest BCUT2D eigenvalue weighted by Gasteiger charge is 2.43. The number of aliphatic carboxylic acids is 1. The molecule has 2 N–H and O–H groups in total. The van der Waals surface area contributed by atoms with Gasteiger partial charge in [0.1, 0.15) is 28.5 Å². The molecule has 0 radical (unpaired) electrons. The van der Waals surface area contributed by atoms with Crippen molar-refractivity contribution < 1.29 is 28.9 Å². The third kappa shape index (κ3) is 6.74. The normalized spacial score (nSPS) is 14.1. The predicted octanol–water partition coefficient (Wildman–Crippen LogP) is 5.54. The van der Waals surface area contributed by atoms with E-state index in [1.807, 2.05) is 32.3 Å². The molecule has 4 rings (SSSR count). The largest absolute Gasteiger partial charge is 0.496 e. The second kappa shape index (κ2) is 13.2. The number of hydrogen-bond donors (Lipinski definition) is 2. The van der Waals surface area contributed by atoms with Crippen LogP contribution in [0, 0.1) is 0 Å². The van der Waals surface area contributed by atoms with Crippen LogP contribution in [0.4, 0.5) is 0 Å². The Morgan fingerprint density at radius 2 is 1.71 bits per heavy atom. The maximum absolute atomic E-state index is 13.4. The standard InChI is InChI=1S/C31H36ClN3O6/c1-35(2)17-8-18-41-26-19-20(11-13-22(26)32)28-21(27-24(39-3)9-7-10-25(27)40-4)12-14-23(33-28)29(36)34-31(30(37)38)15-5-6-16-31/h7,9-14,19H,5-6,8,15-18H2,1-4H3,(H,34,36)(H,37,38). The lowest BCUT2D eigenvalue weighted by atomic mass is 9.96. The Hall–Kier alpha value is -3.82. The zero-order valence-corrected chi connectivity index (χ0v) is 24.6. The quantitative estimate of drug-likeness (QED) is 0.268. The molecule has 3 aromatic rings. The lowest BCUT2D eigenvalue weighted by molar-refractivity contribution is -0.144. The fourth-order valence-corrected chi connectivity index (χ4v) is 5.27. The van der Waals surface area contributed by atoms with E-state index in [0.29, 0.717) is 64.1 Å². The van der Waals surface area contributed by atoms with Crippen molar-refractivity contribution in [3.63, 3.8) is 0 Å². The first kappa shape index (κ1) is 30.1. The van der Waals surface area contributed by atoms with Gasteiger partial charge in [0.15, 0.2) is 0 Å². The molecule has 0 bridgehead atoms. The smallest absolute Gasteiger partial charge is 0.329 e. The summed E-state index contributed by atoms with van der Waals surface area (Å²) >= 11 is 6.48. The Morgan fingerprint density at radius 3 is 2.32 bits per heavy atom. The summed E-state index contributed by atoms with van der Waals surface area (Å²) in [4.78, 5) is 32.3. The molecule has 1 heterocycles. The maximum atomic E-state index is 13.4. The molecule has 1 aliphatic rings. The molecule has 1 aromatic heterocycles. The van der Waals surface area contributed by atoms with Crippen molar-refractivity contribution in [1.82, 2.24) is 15.2 Å². The number of benzene rings is 2. The third-order valence-corrected chi connectivity index (χ3v) is 7.57. The monoisotopic (exact) mass is 581 g/mol. The van der Waals surface area contributed by atoms with Crippen molar-refractivity contribution in [2.24, 2.45) is 0 Å². The summed E-state index contributed by atoms with van der Waals surface area (Å²) in [5, 5.41) is 13.1. The molecule has 0 unspecified atom stereocenters. The molecule has 218 valence electrons. The molecule has 0 aliphatic heterocycles. The van der Waals surface area contributed by atoms with Crippen LogP contribution >= 0.6 is 11.6 Å². The van der Waals surface area contributed by atoms with Crippen LogP contribution in [0.25, 0.3) is 22.4 Å². The molecule has 0 atom stereocenters. The lowest BCUT2D eigenvalue weighted by Gasteiger charge is -2.25. The zero-order valence-electron chi connectivity index (χ0n) is 23.8. The number of nitrogens with zero attached hydrogens (tertiary/aromatic N) is 2. The number of nitrogens with one attached hydrogen (secondary N) is 1. The van der Waals surface area contributed by atoms with Crippen LogP contribution in [0.2, 0.25) is 5.02 Å². The van der Waals surface area contributed by atoms with Crippen LogP contribution in [0.15, 0.2) is 48.5 Å². The number of aromatic nitrogens is 1. The molecular weight excluding hydrogens is 546 g/mol. The summed E-state index contributed by atoms with van der Waals surface area (Å²) in [7, 11) is 7.15. The molecule has 10 heteroatoms. The SMILES string of the molecule is COc1cccc(OC)c1-c1ccc(C(=O)NC2(C(=O)O)CCCC2)nc1-c1ccc(Cl)c(OCCCN(C)C)c1. The van der Waals surface area contributed by atoms with Gasteiger partial charge in [0.05, 0.1) is 37.1 Å². The average molecular weight is 582 g/mol. The van der Waals surface area contributed by atoms with Gasteiger partial charge in [-0.3, -0.25) is 4.79 Å². The number of pyridine rings is 1. The van der Waals surface area contributed by atoms with E-state index in [9.17, 15) is 14.7 Å². The fraction of sp³-hybridized carbons (Fsp3) is 0.387. The van der Waals surface area contributed by atoms with Crippen LogP contribution in [0.3, 0.4) is 0 Å². The van der Waals surface area contributed by atoms with Gasteiger partial charge in [-0.15, -0.1) is 0 Å². The summed E-state index contributed by atoms with van der Waals surface area (Å²) in [5.41, 5.74) is 1.24. The lowest BCUT2D eigenvalue weighted by Crippen LogP contribution is -2.52. The number of carboxylic acid groups (broad SMARTS) is 1. The molecule has 1 aliphatic carbocycles. The van der Waals surface area contributed by atoms with Crippen LogP contribution in [-0.2, 0) is 4.79 Å². The van der Waals surface area contributed by atoms with Crippen LogP contribution < -0.4 is 19.5 Å². The van der Waals surface area contributed by atoms with Crippen LogP contribution in [-0.4, -0.2) is 73.9 Å². The van der Waals surface area contributed by atoms with Crippen molar-refractivity contribution in [3.8, 4) is 39.6 Å². The van der Waals surface area contributed by atoms with Gasteiger partial charge in [-0.05, 0) is 69.8 Å². The first-order chi connectivity index (χ1) is 19.7. The molecule has 1 saturated carbocycles. The number of hydrogen-bond acceptors (Lipinski definition) is 7. The highest BCUT2D eigenvalue weighted by Crippen LogP contribution is 2.43. The second-order valence-electron chi connectivity index (χ2n) is 10.3. The van der Waals surface area contributed by atoms with Gasteiger partial charge < -0.3 is 29.5 Å². The molecule has 1 fully saturated rings. The highest BCUT2D eigenvalue weighted by molar-refractivity contribution is 6.32. The van der Waals surface area contributed by atoms with Crippen molar-refractivity contribution in [2.75, 3.05) is 41.5 Å². The second-order valence-corrected chi connectivity index (χ2v) is 10.7. The van der Waals surface area contributed by atoms with Gasteiger partial charge in [-0.25, -0.2) is 9.78 Å². The van der Waals surface area contributed by atoms with Gasteiger partial charge >= 0.3 is 5.97 Å². The maximum Gasteiger partial charge on any atom is 0.329 e. The number of amides is 1. The highest BCUT2D eigenvalue weighted by atomic mass is 35.5. The number of methoxy groups -OCH3 is 2. The minimum atomic E-state index is -1.29. The van der Waals surface area contributed by atoms with E-state index in [1.165, 1.54) is 0 Å². The van der Waals surface area contributed by atoms with Gasteiger partial charge in [-0.2, -0.15) is 0 Å². The van der Waals surface area contributed by atoms with Crippen molar-refractivity contribution >= 4 is 23.5 Å². The Morgan fingerprint density at radius 1 is 1.02 bits per heavy atom. The fourth-order valence-electron chi connectivity index (χ4n) is 5.10. The van der Waals surface area contributed by atoms with Gasteiger partial charge in [0, 0.05) is 17.7 Å². The topological polar surface area (TPSA) is 110 Å². The Labute approximate surface area is 245 Å². The summed E-state index contributed by atoms with van der Waals surface area (Å²) in [6.07, 6.45) is 3.04. The minimum absolute atomic E-state index is 0.0912. The van der Waals surface area contributed by atoms with E-state index < -0.39 is 17.4 Å². The summed E-state index contributed by atoms with van der Waals surface area (Å²) < 4.78 is 17.3. The predicted molar refractivity (Wildman–Crippen MR) is 158 cm³/mol. The third-order valence-electron chi connectivity index (χ3n) is 7.26. The van der Waals surface area contributed by atoms with Crippen LogP contribution in [0.5, 0.6) is 17.2 Å². The molecule has 9 nitrogen and oxygen atoms in total. The van der Waals surface area contributed by atoms with Gasteiger partial charge in [-0.1, -0.05) is 36.6 Å². The van der Waals surface area contributed by atoms with E-state index in [-0.39, 0.29) is 5.69 Å². The number of halogens is 1. The summed E-state index contributed by atoms with van der Waals surface area (Å²) in [5.74, 6) is 0.0354. The summed E-state index contributed by atoms with van der Waals surface area (Å²) in [6.45, 7) is 1.34. The molecular formula is C31H36ClN3O6. The Kier molecular flexibility index (Phi) is 9.73. The van der Waals surface area contributed by atoms with E-state index >= 15 is 0 Å². The Bertz CT molecular complexity index is 1380. The van der Waals surface area contributed by atoms with Gasteiger partial charge in [0.2, 0.25) is 0 Å². The van der Waals surface area contributed by atoms with E-state index in [2.05, 4.69) is 10.2 Å². The summed E-state index contributed by atoms with van der Waals surface area (Å²) in [6, 6.07) is 14.1. The van der Waals surface area contributed by atoms with E-state index in [4.69, 9.17) is 30.8 Å². The number of rotatable bonds is 12. The molecule has 0 spiro atoms. The molecule has 41 heavy (non-hydrogen) atoms. The molecule has 1 amide bonds. The molecule has 0 saturated heterocycles. The number of carbonyl (C=O) groups is 2. The molecule has 2 aromatic carbocycles. The number of carbonyl (C=O) groups excluding carboxylic acids is 1. The van der Waals surface area contributed by atoms with Crippen molar-refractivity contribution in [3.05, 3.63) is 59.2 Å². The van der Waals surface area contributed by atoms with E-state index in [0.717, 1.165) is 25.8 Å². The van der Waals surface area contributed by atoms with Crippen LogP contribution in [0.1, 0.15) is 42.6 Å². The first-order valence-electron chi connectivity index (χ1n) is 13.5. The van der Waals surface area contributed by atoms with Crippen molar-refractivity contribution in [1.29, 1.82) is 0 Å². The first-order valence-corrected chi connectivity index (χ1v) is 13.9. The van der Waals surface area contributed by atoms with Gasteiger partial charge in [0.25, 0.3) is 5.91 Å². The minimum Gasteiger partial charge on any atom is -0.496 e. The average Bonchev–Trinajstić information content (AvgIpc) is 3.45.